The normalized spacial score (nSPS) is 10.0. The van der Waals surface area contributed by atoms with Crippen molar-refractivity contribution in [2.24, 2.45) is 0 Å². The lowest BCUT2D eigenvalue weighted by atomic mass is 9.84. The molecular formula is C9H12BO2. The van der Waals surface area contributed by atoms with E-state index in [2.05, 4.69) is 11.7 Å². The van der Waals surface area contributed by atoms with Gasteiger partial charge in [0.15, 0.2) is 0 Å². The summed E-state index contributed by atoms with van der Waals surface area (Å²) in [6.07, 6.45) is 0. The molecule has 3 heteroatoms. The predicted molar refractivity (Wildman–Crippen MR) is 49.8 cm³/mol. The molecule has 1 rings (SSSR count). The van der Waals surface area contributed by atoms with E-state index in [1.807, 2.05) is 26.0 Å². The molecule has 0 aliphatic carbocycles. The summed E-state index contributed by atoms with van der Waals surface area (Å²) in [6.45, 7) is 6.16. The Balaban J connectivity index is 3.04. The maximum absolute atomic E-state index is 8.22. The topological polar surface area (TPSA) is 29.5 Å². The van der Waals surface area contributed by atoms with Gasteiger partial charge in [0.1, 0.15) is 0 Å². The number of benzene rings is 1. The Morgan fingerprint density at radius 2 is 1.67 bits per heavy atom. The SMILES string of the molecule is Cc1cc([B]OO)cc(C)c1C. The average Bonchev–Trinajstić information content (AvgIpc) is 2.01. The van der Waals surface area contributed by atoms with Crippen LogP contribution in [0.15, 0.2) is 12.1 Å². The summed E-state index contributed by atoms with van der Waals surface area (Å²) in [7, 11) is 1.32. The first-order chi connectivity index (χ1) is 5.65. The van der Waals surface area contributed by atoms with Crippen molar-refractivity contribution < 1.29 is 10.1 Å². The molecule has 0 heterocycles. The van der Waals surface area contributed by atoms with E-state index in [-0.39, 0.29) is 0 Å². The van der Waals surface area contributed by atoms with Gasteiger partial charge in [-0.25, -0.2) is 0 Å². The van der Waals surface area contributed by atoms with Crippen molar-refractivity contribution in [3.8, 4) is 0 Å². The quantitative estimate of drug-likeness (QED) is 0.405. The highest BCUT2D eigenvalue weighted by atomic mass is 17.1. The number of hydrogen-bond donors (Lipinski definition) is 1. The van der Waals surface area contributed by atoms with Crippen LogP contribution in [-0.4, -0.2) is 12.7 Å². The first-order valence-electron chi connectivity index (χ1n) is 3.86. The summed E-state index contributed by atoms with van der Waals surface area (Å²) in [5, 5.41) is 8.22. The van der Waals surface area contributed by atoms with E-state index >= 15 is 0 Å². The smallest absolute Gasteiger partial charge is 0.307 e. The fraction of sp³-hybridized carbons (Fsp3) is 0.333. The van der Waals surface area contributed by atoms with Gasteiger partial charge in [0.2, 0.25) is 0 Å². The van der Waals surface area contributed by atoms with Crippen LogP contribution in [0.1, 0.15) is 16.7 Å². The zero-order valence-corrected chi connectivity index (χ0v) is 7.59. The lowest BCUT2D eigenvalue weighted by molar-refractivity contribution is -0.135. The Morgan fingerprint density at radius 3 is 2.08 bits per heavy atom. The molecule has 0 saturated carbocycles. The standard InChI is InChI=1S/C9H12BO2/c1-6-4-9(10-12-11)5-7(2)8(6)3/h4-5,11H,1-3H3. The largest absolute Gasteiger partial charge is 0.381 e. The second kappa shape index (κ2) is 3.74. The van der Waals surface area contributed by atoms with Crippen LogP contribution in [0.25, 0.3) is 0 Å². The molecule has 0 amide bonds. The highest BCUT2D eigenvalue weighted by molar-refractivity contribution is 6.46. The van der Waals surface area contributed by atoms with Crippen LogP contribution in [0, 0.1) is 20.8 Å². The zero-order valence-electron chi connectivity index (χ0n) is 7.59. The maximum atomic E-state index is 8.22. The third kappa shape index (κ3) is 1.87. The summed E-state index contributed by atoms with van der Waals surface area (Å²) >= 11 is 0. The van der Waals surface area contributed by atoms with Crippen molar-refractivity contribution in [2.75, 3.05) is 0 Å². The van der Waals surface area contributed by atoms with Gasteiger partial charge in [0, 0.05) is 0 Å². The van der Waals surface area contributed by atoms with Gasteiger partial charge in [0.25, 0.3) is 0 Å². The van der Waals surface area contributed by atoms with E-state index in [4.69, 9.17) is 5.26 Å². The molecule has 1 N–H and O–H groups in total. The molecule has 12 heavy (non-hydrogen) atoms. The van der Waals surface area contributed by atoms with E-state index < -0.39 is 0 Å². The van der Waals surface area contributed by atoms with Crippen molar-refractivity contribution in [3.05, 3.63) is 28.8 Å². The minimum atomic E-state index is 0.887. The van der Waals surface area contributed by atoms with Crippen LogP contribution in [0.2, 0.25) is 0 Å². The number of rotatable bonds is 2. The van der Waals surface area contributed by atoms with Gasteiger partial charge in [-0.3, -0.25) is 5.26 Å². The minimum absolute atomic E-state index is 0.887. The van der Waals surface area contributed by atoms with Crippen LogP contribution >= 0.6 is 0 Å². The van der Waals surface area contributed by atoms with Gasteiger partial charge < -0.3 is 4.81 Å². The molecule has 2 nitrogen and oxygen atoms in total. The molecule has 0 unspecified atom stereocenters. The second-order valence-electron chi connectivity index (χ2n) is 3.00. The van der Waals surface area contributed by atoms with Crippen LogP contribution in [0.5, 0.6) is 0 Å². The molecule has 0 aliphatic heterocycles. The first-order valence-corrected chi connectivity index (χ1v) is 3.86. The van der Waals surface area contributed by atoms with Crippen LogP contribution in [-0.2, 0) is 4.81 Å². The van der Waals surface area contributed by atoms with Crippen LogP contribution in [0.3, 0.4) is 0 Å². The molecule has 0 aliphatic rings. The highest BCUT2D eigenvalue weighted by Crippen LogP contribution is 2.09. The molecular weight excluding hydrogens is 151 g/mol. The van der Waals surface area contributed by atoms with E-state index in [9.17, 15) is 0 Å². The molecule has 0 fully saturated rings. The molecule has 0 atom stereocenters. The number of aryl methyl sites for hydroxylation is 2. The van der Waals surface area contributed by atoms with Gasteiger partial charge in [-0.1, -0.05) is 12.1 Å². The fourth-order valence-electron chi connectivity index (χ4n) is 1.20. The average molecular weight is 163 g/mol. The number of hydrogen-bond acceptors (Lipinski definition) is 2. The summed E-state index contributed by atoms with van der Waals surface area (Å²) in [5.74, 6) is 0. The van der Waals surface area contributed by atoms with Crippen molar-refractivity contribution in [1.82, 2.24) is 0 Å². The Morgan fingerprint density at radius 1 is 1.17 bits per heavy atom. The molecule has 0 saturated heterocycles. The molecule has 0 bridgehead atoms. The molecule has 1 aromatic carbocycles. The monoisotopic (exact) mass is 163 g/mol. The molecule has 0 aromatic heterocycles. The summed E-state index contributed by atoms with van der Waals surface area (Å²) in [6, 6.07) is 3.94. The summed E-state index contributed by atoms with van der Waals surface area (Å²) < 4.78 is 0. The fourth-order valence-corrected chi connectivity index (χ4v) is 1.20. The second-order valence-corrected chi connectivity index (χ2v) is 3.00. The molecule has 63 valence electrons. The van der Waals surface area contributed by atoms with Crippen molar-refractivity contribution >= 4 is 12.9 Å². The molecule has 0 spiro atoms. The van der Waals surface area contributed by atoms with Crippen molar-refractivity contribution in [3.63, 3.8) is 0 Å². The van der Waals surface area contributed by atoms with Crippen molar-refractivity contribution in [1.29, 1.82) is 0 Å². The Hall–Kier alpha value is -0.795. The summed E-state index contributed by atoms with van der Waals surface area (Å²) in [5.41, 5.74) is 4.58. The van der Waals surface area contributed by atoms with Crippen LogP contribution < -0.4 is 5.46 Å². The van der Waals surface area contributed by atoms with E-state index in [1.54, 1.807) is 0 Å². The Bertz CT molecular complexity index is 261. The highest BCUT2D eigenvalue weighted by Gasteiger charge is 2.02. The van der Waals surface area contributed by atoms with Crippen molar-refractivity contribution in [2.45, 2.75) is 20.8 Å². The predicted octanol–water partition coefficient (Wildman–Crippen LogP) is 1.35. The van der Waals surface area contributed by atoms with Gasteiger partial charge >= 0.3 is 7.48 Å². The van der Waals surface area contributed by atoms with E-state index in [0.29, 0.717) is 0 Å². The Labute approximate surface area is 73.4 Å². The zero-order chi connectivity index (χ0) is 9.14. The molecule has 1 radical (unpaired) electrons. The van der Waals surface area contributed by atoms with E-state index in [1.165, 1.54) is 24.2 Å². The lowest BCUT2D eigenvalue weighted by Gasteiger charge is -2.06. The minimum Gasteiger partial charge on any atom is -0.307 e. The lowest BCUT2D eigenvalue weighted by Crippen LogP contribution is -2.17. The van der Waals surface area contributed by atoms with Gasteiger partial charge in [-0.05, 0) is 42.9 Å². The summed E-state index contributed by atoms with van der Waals surface area (Å²) in [4.78, 5) is 3.95. The van der Waals surface area contributed by atoms with E-state index in [0.717, 1.165) is 5.46 Å². The Kier molecular flexibility index (Phi) is 2.90. The third-order valence-corrected chi connectivity index (χ3v) is 2.14. The van der Waals surface area contributed by atoms with Gasteiger partial charge in [-0.15, -0.1) is 0 Å². The maximum Gasteiger partial charge on any atom is 0.381 e. The first kappa shape index (κ1) is 9.29. The van der Waals surface area contributed by atoms with Gasteiger partial charge in [-0.2, -0.15) is 0 Å². The van der Waals surface area contributed by atoms with Crippen LogP contribution in [0.4, 0.5) is 0 Å². The van der Waals surface area contributed by atoms with Gasteiger partial charge in [0.05, 0.1) is 0 Å². The third-order valence-electron chi connectivity index (χ3n) is 2.14. The molecule has 1 aromatic rings.